The van der Waals surface area contributed by atoms with E-state index >= 15 is 0 Å². The summed E-state index contributed by atoms with van der Waals surface area (Å²) >= 11 is 0. The molecule has 20 heavy (non-hydrogen) atoms. The van der Waals surface area contributed by atoms with Crippen LogP contribution in [0.2, 0.25) is 0 Å². The molecule has 0 atom stereocenters. The average molecular weight is 283 g/mol. The van der Waals surface area contributed by atoms with Crippen LogP contribution in [-0.2, 0) is 4.74 Å². The highest BCUT2D eigenvalue weighted by molar-refractivity contribution is 5.92. The lowest BCUT2D eigenvalue weighted by molar-refractivity contribution is 0.0635. The molecule has 0 saturated heterocycles. The number of aldehydes is 1. The number of rotatable bonds is 3. The van der Waals surface area contributed by atoms with Crippen molar-refractivity contribution in [3.8, 4) is 5.75 Å². The Hall–Kier alpha value is -2.11. The van der Waals surface area contributed by atoms with Crippen LogP contribution in [-0.4, -0.2) is 25.1 Å². The predicted molar refractivity (Wildman–Crippen MR) is 72.9 cm³/mol. The Kier molecular flexibility index (Phi) is 4.70. The molecule has 5 nitrogen and oxygen atoms in total. The zero-order valence-electron chi connectivity index (χ0n) is 12.2. The minimum absolute atomic E-state index is 0.0334. The van der Waals surface area contributed by atoms with Crippen molar-refractivity contribution in [1.82, 2.24) is 0 Å². The van der Waals surface area contributed by atoms with E-state index in [0.717, 1.165) is 0 Å². The third-order valence-electron chi connectivity index (χ3n) is 2.39. The number of halogens is 1. The molecule has 0 bridgehead atoms. The zero-order valence-corrected chi connectivity index (χ0v) is 12.2. The lowest BCUT2D eigenvalue weighted by Gasteiger charge is -2.21. The molecule has 1 N–H and O–H groups in total. The van der Waals surface area contributed by atoms with Crippen molar-refractivity contribution in [2.45, 2.75) is 33.3 Å². The van der Waals surface area contributed by atoms with Gasteiger partial charge in [0.25, 0.3) is 0 Å². The van der Waals surface area contributed by atoms with Gasteiger partial charge in [0, 0.05) is 0 Å². The Morgan fingerprint density at radius 2 is 2.00 bits per heavy atom. The summed E-state index contributed by atoms with van der Waals surface area (Å²) in [5, 5.41) is 2.45. The zero-order chi connectivity index (χ0) is 15.5. The molecule has 0 aliphatic carbocycles. The first kappa shape index (κ1) is 15.9. The van der Waals surface area contributed by atoms with E-state index in [4.69, 9.17) is 9.47 Å². The fourth-order valence-corrected chi connectivity index (χ4v) is 1.63. The maximum absolute atomic E-state index is 13.8. The van der Waals surface area contributed by atoms with E-state index in [-0.39, 0.29) is 22.6 Å². The second kappa shape index (κ2) is 5.90. The number of amides is 1. The number of nitrogens with one attached hydrogen (secondary N) is 1. The number of methoxy groups -OCH3 is 1. The van der Waals surface area contributed by atoms with E-state index in [1.165, 1.54) is 20.1 Å². The first-order chi connectivity index (χ1) is 9.19. The number of ether oxygens (including phenoxy) is 2. The molecule has 1 amide bonds. The highest BCUT2D eigenvalue weighted by atomic mass is 19.1. The van der Waals surface area contributed by atoms with Gasteiger partial charge in [0.05, 0.1) is 18.4 Å². The monoisotopic (exact) mass is 283 g/mol. The Labute approximate surface area is 117 Å². The Balaban J connectivity index is 3.15. The maximum Gasteiger partial charge on any atom is 0.412 e. The van der Waals surface area contributed by atoms with Gasteiger partial charge in [-0.1, -0.05) is 0 Å². The number of hydrogen-bond donors (Lipinski definition) is 1. The van der Waals surface area contributed by atoms with Gasteiger partial charge in [-0.2, -0.15) is 0 Å². The van der Waals surface area contributed by atoms with Gasteiger partial charge >= 0.3 is 6.09 Å². The van der Waals surface area contributed by atoms with Crippen molar-refractivity contribution in [3.05, 3.63) is 23.0 Å². The second-order valence-corrected chi connectivity index (χ2v) is 5.25. The van der Waals surface area contributed by atoms with E-state index in [9.17, 15) is 14.0 Å². The minimum Gasteiger partial charge on any atom is -0.494 e. The average Bonchev–Trinajstić information content (AvgIpc) is 2.30. The fraction of sp³-hybridized carbons (Fsp3) is 0.429. The van der Waals surface area contributed by atoms with Crippen LogP contribution in [0.25, 0.3) is 0 Å². The first-order valence-corrected chi connectivity index (χ1v) is 6.02. The molecule has 0 aromatic heterocycles. The molecule has 0 heterocycles. The Morgan fingerprint density at radius 3 is 2.45 bits per heavy atom. The van der Waals surface area contributed by atoms with Gasteiger partial charge in [0.15, 0.2) is 12.0 Å². The van der Waals surface area contributed by atoms with Crippen LogP contribution in [0.1, 0.15) is 36.7 Å². The molecule has 6 heteroatoms. The molecule has 0 fully saturated rings. The summed E-state index contributed by atoms with van der Waals surface area (Å²) < 4.78 is 23.9. The van der Waals surface area contributed by atoms with Crippen LogP contribution >= 0.6 is 0 Å². The quantitative estimate of drug-likeness (QED) is 0.864. The third kappa shape index (κ3) is 3.69. The number of carbonyl (C=O) groups excluding carboxylic acids is 2. The molecule has 0 spiro atoms. The highest BCUT2D eigenvalue weighted by Crippen LogP contribution is 2.32. The van der Waals surface area contributed by atoms with E-state index < -0.39 is 17.5 Å². The Bertz CT molecular complexity index is 535. The van der Waals surface area contributed by atoms with E-state index in [1.807, 2.05) is 0 Å². The number of hydrogen-bond acceptors (Lipinski definition) is 4. The first-order valence-electron chi connectivity index (χ1n) is 6.02. The van der Waals surface area contributed by atoms with E-state index in [2.05, 4.69) is 5.32 Å². The van der Waals surface area contributed by atoms with Gasteiger partial charge in [-0.15, -0.1) is 0 Å². The lowest BCUT2D eigenvalue weighted by Crippen LogP contribution is -2.27. The van der Waals surface area contributed by atoms with Gasteiger partial charge in [0.2, 0.25) is 0 Å². The molecular formula is C14H18FNO4. The standard InChI is InChI=1S/C14H18FNO4/c1-8-6-10(16-13(18)20-14(2,3)4)12(19-5)9(7-17)11(8)15/h6-7H,1-5H3,(H,16,18). The van der Waals surface area contributed by atoms with Gasteiger partial charge in [-0.3, -0.25) is 10.1 Å². The lowest BCUT2D eigenvalue weighted by atomic mass is 10.1. The molecule has 0 aliphatic heterocycles. The largest absolute Gasteiger partial charge is 0.494 e. The molecule has 0 saturated carbocycles. The SMILES string of the molecule is COc1c(NC(=O)OC(C)(C)C)cc(C)c(F)c1C=O. The molecule has 0 unspecified atom stereocenters. The molecule has 110 valence electrons. The van der Waals surface area contributed by atoms with Crippen LogP contribution < -0.4 is 10.1 Å². The predicted octanol–water partition coefficient (Wildman–Crippen LogP) is 3.30. The summed E-state index contributed by atoms with van der Waals surface area (Å²) in [4.78, 5) is 22.7. The molecule has 1 rings (SSSR count). The minimum atomic E-state index is -0.710. The van der Waals surface area contributed by atoms with Crippen LogP contribution in [0.4, 0.5) is 14.9 Å². The van der Waals surface area contributed by atoms with Crippen molar-refractivity contribution in [2.75, 3.05) is 12.4 Å². The van der Waals surface area contributed by atoms with Crippen molar-refractivity contribution < 1.29 is 23.5 Å². The summed E-state index contributed by atoms with van der Waals surface area (Å²) in [7, 11) is 1.29. The van der Waals surface area contributed by atoms with Crippen LogP contribution in [0.5, 0.6) is 5.75 Å². The molecule has 1 aromatic rings. The Morgan fingerprint density at radius 1 is 1.40 bits per heavy atom. The van der Waals surface area contributed by atoms with Crippen molar-refractivity contribution in [1.29, 1.82) is 0 Å². The van der Waals surface area contributed by atoms with Gasteiger partial charge < -0.3 is 9.47 Å². The second-order valence-electron chi connectivity index (χ2n) is 5.25. The van der Waals surface area contributed by atoms with Gasteiger partial charge in [-0.05, 0) is 39.3 Å². The topological polar surface area (TPSA) is 64.6 Å². The van der Waals surface area contributed by atoms with E-state index in [1.54, 1.807) is 20.8 Å². The maximum atomic E-state index is 13.8. The smallest absolute Gasteiger partial charge is 0.412 e. The number of anilines is 1. The summed E-state index contributed by atoms with van der Waals surface area (Å²) in [6, 6.07) is 1.38. The third-order valence-corrected chi connectivity index (χ3v) is 2.39. The number of benzene rings is 1. The van der Waals surface area contributed by atoms with Crippen molar-refractivity contribution in [3.63, 3.8) is 0 Å². The number of carbonyl (C=O) groups is 2. The fourth-order valence-electron chi connectivity index (χ4n) is 1.63. The van der Waals surface area contributed by atoms with Crippen LogP contribution in [0.3, 0.4) is 0 Å². The molecular weight excluding hydrogens is 265 g/mol. The van der Waals surface area contributed by atoms with Crippen molar-refractivity contribution in [2.24, 2.45) is 0 Å². The van der Waals surface area contributed by atoms with Gasteiger partial charge in [0.1, 0.15) is 11.4 Å². The molecule has 1 aromatic carbocycles. The van der Waals surface area contributed by atoms with Crippen molar-refractivity contribution >= 4 is 18.1 Å². The van der Waals surface area contributed by atoms with Gasteiger partial charge in [-0.25, -0.2) is 9.18 Å². The molecule has 0 radical (unpaired) electrons. The van der Waals surface area contributed by atoms with Crippen LogP contribution in [0.15, 0.2) is 6.07 Å². The normalized spacial score (nSPS) is 10.9. The summed E-state index contributed by atoms with van der Waals surface area (Å²) in [6.45, 7) is 6.64. The number of aryl methyl sites for hydroxylation is 1. The van der Waals surface area contributed by atoms with E-state index in [0.29, 0.717) is 6.29 Å². The molecule has 0 aliphatic rings. The highest BCUT2D eigenvalue weighted by Gasteiger charge is 2.21. The summed E-state index contributed by atoms with van der Waals surface area (Å²) in [6.07, 6.45) is -0.361. The summed E-state index contributed by atoms with van der Waals surface area (Å²) in [5.41, 5.74) is -0.500. The summed E-state index contributed by atoms with van der Waals surface area (Å²) in [5.74, 6) is -0.708. The van der Waals surface area contributed by atoms with Crippen LogP contribution in [0, 0.1) is 12.7 Å².